The predicted molar refractivity (Wildman–Crippen MR) is 128 cm³/mol. The van der Waals surface area contributed by atoms with Crippen LogP contribution >= 0.6 is 0 Å². The molecule has 3 aromatic rings. The van der Waals surface area contributed by atoms with E-state index in [0.29, 0.717) is 12.1 Å². The number of hydrogen-bond acceptors (Lipinski definition) is 5. The van der Waals surface area contributed by atoms with Gasteiger partial charge < -0.3 is 24.6 Å². The Kier molecular flexibility index (Phi) is 6.92. The van der Waals surface area contributed by atoms with Crippen LogP contribution in [0.1, 0.15) is 15.9 Å². The highest BCUT2D eigenvalue weighted by Crippen LogP contribution is 2.26. The summed E-state index contributed by atoms with van der Waals surface area (Å²) < 4.78 is 10.7. The second kappa shape index (κ2) is 10.2. The van der Waals surface area contributed by atoms with Crippen LogP contribution in [0.4, 0.5) is 17.1 Å². The molecule has 166 valence electrons. The molecule has 4 rings (SSSR count). The van der Waals surface area contributed by atoms with Gasteiger partial charge in [0.25, 0.3) is 5.91 Å². The van der Waals surface area contributed by atoms with E-state index in [0.717, 1.165) is 49.0 Å². The summed E-state index contributed by atoms with van der Waals surface area (Å²) in [6, 6.07) is 23.5. The van der Waals surface area contributed by atoms with Crippen LogP contribution in [0.25, 0.3) is 0 Å². The van der Waals surface area contributed by atoms with Gasteiger partial charge in [-0.05, 0) is 48.0 Å². The minimum atomic E-state index is -0.0293. The molecule has 3 aromatic carbocycles. The first-order valence-electron chi connectivity index (χ1n) is 10.8. The number of anilines is 3. The molecule has 0 atom stereocenters. The molecule has 1 fully saturated rings. The highest BCUT2D eigenvalue weighted by atomic mass is 16.5. The molecular formula is C26H29N3O3. The summed E-state index contributed by atoms with van der Waals surface area (Å²) in [7, 11) is 3.49. The van der Waals surface area contributed by atoms with E-state index in [9.17, 15) is 4.79 Å². The van der Waals surface area contributed by atoms with Crippen molar-refractivity contribution in [2.45, 2.75) is 6.54 Å². The quantitative estimate of drug-likeness (QED) is 0.595. The Bertz CT molecular complexity index is 1050. The van der Waals surface area contributed by atoms with Gasteiger partial charge in [0.2, 0.25) is 0 Å². The first kappa shape index (κ1) is 21.7. The number of ether oxygens (including phenoxy) is 2. The zero-order valence-electron chi connectivity index (χ0n) is 18.6. The molecule has 1 amide bonds. The van der Waals surface area contributed by atoms with Crippen molar-refractivity contribution in [1.29, 1.82) is 0 Å². The molecule has 0 aliphatic carbocycles. The van der Waals surface area contributed by atoms with Gasteiger partial charge in [-0.25, -0.2) is 0 Å². The fourth-order valence-corrected chi connectivity index (χ4v) is 3.90. The summed E-state index contributed by atoms with van der Waals surface area (Å²) in [6.45, 7) is 3.72. The van der Waals surface area contributed by atoms with Gasteiger partial charge in [-0.15, -0.1) is 0 Å². The number of methoxy groups -OCH3 is 1. The normalized spacial score (nSPS) is 13.5. The minimum absolute atomic E-state index is 0.0293. The fraction of sp³-hybridized carbons (Fsp3) is 0.269. The van der Waals surface area contributed by atoms with Gasteiger partial charge in [0.15, 0.2) is 0 Å². The molecule has 1 saturated heterocycles. The molecule has 1 aliphatic heterocycles. The highest BCUT2D eigenvalue weighted by molar-refractivity contribution is 6.00. The summed E-state index contributed by atoms with van der Waals surface area (Å²) >= 11 is 0. The van der Waals surface area contributed by atoms with Gasteiger partial charge in [-0.2, -0.15) is 0 Å². The van der Waals surface area contributed by atoms with Gasteiger partial charge in [-0.3, -0.25) is 4.79 Å². The number of para-hydroxylation sites is 2. The Hall–Kier alpha value is -3.51. The molecule has 0 bridgehead atoms. The molecule has 0 radical (unpaired) electrons. The van der Waals surface area contributed by atoms with Gasteiger partial charge >= 0.3 is 0 Å². The molecule has 0 saturated carbocycles. The molecule has 6 nitrogen and oxygen atoms in total. The average Bonchev–Trinajstić information content (AvgIpc) is 2.85. The van der Waals surface area contributed by atoms with Gasteiger partial charge in [0, 0.05) is 38.1 Å². The maximum atomic E-state index is 13.4. The lowest BCUT2D eigenvalue weighted by Crippen LogP contribution is -2.37. The van der Waals surface area contributed by atoms with Crippen LogP contribution in [0.15, 0.2) is 72.8 Å². The first-order chi connectivity index (χ1) is 15.7. The van der Waals surface area contributed by atoms with E-state index in [1.807, 2.05) is 67.7 Å². The van der Waals surface area contributed by atoms with Crippen molar-refractivity contribution in [1.82, 2.24) is 4.90 Å². The lowest BCUT2D eigenvalue weighted by atomic mass is 10.1. The molecule has 6 heteroatoms. The number of morpholine rings is 1. The second-order valence-corrected chi connectivity index (χ2v) is 7.79. The van der Waals surface area contributed by atoms with E-state index in [2.05, 4.69) is 22.3 Å². The van der Waals surface area contributed by atoms with E-state index >= 15 is 0 Å². The van der Waals surface area contributed by atoms with Crippen LogP contribution in [0, 0.1) is 0 Å². The Morgan fingerprint density at radius 2 is 1.69 bits per heavy atom. The summed E-state index contributed by atoms with van der Waals surface area (Å²) in [5.41, 5.74) is 4.60. The lowest BCUT2D eigenvalue weighted by Gasteiger charge is -2.31. The smallest absolute Gasteiger partial charge is 0.256 e. The van der Waals surface area contributed by atoms with Gasteiger partial charge in [-0.1, -0.05) is 30.3 Å². The van der Waals surface area contributed by atoms with Crippen LogP contribution in [0.3, 0.4) is 0 Å². The number of carbonyl (C=O) groups is 1. The minimum Gasteiger partial charge on any atom is -0.497 e. The van der Waals surface area contributed by atoms with Crippen LogP contribution in [-0.2, 0) is 11.3 Å². The molecule has 0 unspecified atom stereocenters. The number of carbonyl (C=O) groups excluding carboxylic acids is 1. The highest BCUT2D eigenvalue weighted by Gasteiger charge is 2.19. The Balaban J connectivity index is 1.51. The largest absolute Gasteiger partial charge is 0.497 e. The van der Waals surface area contributed by atoms with Crippen LogP contribution in [0.2, 0.25) is 0 Å². The number of rotatable bonds is 7. The third-order valence-corrected chi connectivity index (χ3v) is 5.62. The maximum Gasteiger partial charge on any atom is 0.256 e. The lowest BCUT2D eigenvalue weighted by molar-refractivity contribution is 0.0786. The Morgan fingerprint density at radius 3 is 2.44 bits per heavy atom. The topological polar surface area (TPSA) is 54.0 Å². The van der Waals surface area contributed by atoms with Crippen molar-refractivity contribution < 1.29 is 14.3 Å². The number of benzene rings is 3. The standard InChI is InChI=1S/C26H29N3O3/c1-28(19-20-7-3-6-10-25(20)29-15-17-32-18-16-29)26(30)23-8-4-5-9-24(23)27-21-11-13-22(31-2)14-12-21/h3-14,27H,15-19H2,1-2H3. The molecule has 1 heterocycles. The Labute approximate surface area is 189 Å². The predicted octanol–water partition coefficient (Wildman–Crippen LogP) is 4.55. The zero-order valence-corrected chi connectivity index (χ0v) is 18.6. The number of nitrogens with zero attached hydrogens (tertiary/aromatic N) is 2. The fourth-order valence-electron chi connectivity index (χ4n) is 3.90. The summed E-state index contributed by atoms with van der Waals surface area (Å²) in [4.78, 5) is 17.5. The van der Waals surface area contributed by atoms with E-state index in [-0.39, 0.29) is 5.91 Å². The number of amides is 1. The summed E-state index contributed by atoms with van der Waals surface area (Å²) in [6.07, 6.45) is 0. The zero-order chi connectivity index (χ0) is 22.3. The summed E-state index contributed by atoms with van der Waals surface area (Å²) in [5, 5.41) is 3.36. The third kappa shape index (κ3) is 5.03. The van der Waals surface area contributed by atoms with Crippen LogP contribution in [0.5, 0.6) is 5.75 Å². The van der Waals surface area contributed by atoms with Gasteiger partial charge in [0.05, 0.1) is 31.6 Å². The van der Waals surface area contributed by atoms with Crippen molar-refractivity contribution in [2.75, 3.05) is 50.7 Å². The Morgan fingerprint density at radius 1 is 1.00 bits per heavy atom. The van der Waals surface area contributed by atoms with E-state index in [4.69, 9.17) is 9.47 Å². The molecule has 0 aromatic heterocycles. The molecule has 0 spiro atoms. The number of hydrogen-bond donors (Lipinski definition) is 1. The van der Waals surface area contributed by atoms with Crippen LogP contribution in [-0.4, -0.2) is 51.3 Å². The molecule has 1 N–H and O–H groups in total. The second-order valence-electron chi connectivity index (χ2n) is 7.79. The third-order valence-electron chi connectivity index (χ3n) is 5.62. The number of nitrogens with one attached hydrogen (secondary N) is 1. The van der Waals surface area contributed by atoms with Crippen molar-refractivity contribution in [3.05, 3.63) is 83.9 Å². The van der Waals surface area contributed by atoms with Gasteiger partial charge in [0.1, 0.15) is 5.75 Å². The van der Waals surface area contributed by atoms with Crippen molar-refractivity contribution in [3.63, 3.8) is 0 Å². The van der Waals surface area contributed by atoms with E-state index in [1.165, 1.54) is 5.69 Å². The molecule has 32 heavy (non-hydrogen) atoms. The van der Waals surface area contributed by atoms with Crippen molar-refractivity contribution in [2.24, 2.45) is 0 Å². The SMILES string of the molecule is COc1ccc(Nc2ccccc2C(=O)N(C)Cc2ccccc2N2CCOCC2)cc1. The summed E-state index contributed by atoms with van der Waals surface area (Å²) in [5.74, 6) is 0.761. The van der Waals surface area contributed by atoms with Crippen molar-refractivity contribution in [3.8, 4) is 5.75 Å². The van der Waals surface area contributed by atoms with E-state index in [1.54, 1.807) is 12.0 Å². The maximum absolute atomic E-state index is 13.4. The average molecular weight is 432 g/mol. The van der Waals surface area contributed by atoms with Crippen LogP contribution < -0.4 is 15.0 Å². The first-order valence-corrected chi connectivity index (χ1v) is 10.8. The molecule has 1 aliphatic rings. The monoisotopic (exact) mass is 431 g/mol. The van der Waals surface area contributed by atoms with Crippen molar-refractivity contribution >= 4 is 23.0 Å². The molecular weight excluding hydrogens is 402 g/mol. The van der Waals surface area contributed by atoms with E-state index < -0.39 is 0 Å².